The molecule has 2 aromatic rings. The fourth-order valence-electron chi connectivity index (χ4n) is 1.69. The number of hydrogen-bond donors (Lipinski definition) is 0. The summed E-state index contributed by atoms with van der Waals surface area (Å²) in [6.45, 7) is 3.80. The Morgan fingerprint density at radius 1 is 1.16 bits per heavy atom. The van der Waals surface area contributed by atoms with Gasteiger partial charge >= 0.3 is 5.69 Å². The monoisotopic (exact) mass is 300 g/mol. The van der Waals surface area contributed by atoms with Crippen LogP contribution in [-0.2, 0) is 7.05 Å². The summed E-state index contributed by atoms with van der Waals surface area (Å²) in [4.78, 5) is 11.9. The van der Waals surface area contributed by atoms with Crippen LogP contribution in [0.4, 0.5) is 0 Å². The highest BCUT2D eigenvalue weighted by molar-refractivity contribution is 6.36. The van der Waals surface area contributed by atoms with E-state index in [1.54, 1.807) is 31.6 Å². The van der Waals surface area contributed by atoms with E-state index < -0.39 is 0 Å². The maximum atomic E-state index is 11.9. The van der Waals surface area contributed by atoms with Crippen molar-refractivity contribution in [3.63, 3.8) is 0 Å². The van der Waals surface area contributed by atoms with Crippen LogP contribution in [0.3, 0.4) is 0 Å². The molecule has 1 aromatic carbocycles. The molecule has 0 aliphatic heterocycles. The van der Waals surface area contributed by atoms with Gasteiger partial charge in [-0.2, -0.15) is 0 Å². The Labute approximate surface area is 121 Å². The van der Waals surface area contributed by atoms with E-state index in [0.29, 0.717) is 21.5 Å². The number of aryl methyl sites for hydroxylation is 1. The molecule has 0 N–H and O–H groups in total. The molecule has 0 bridgehead atoms. The van der Waals surface area contributed by atoms with Crippen molar-refractivity contribution in [3.8, 4) is 11.4 Å². The van der Waals surface area contributed by atoms with Crippen molar-refractivity contribution in [3.05, 3.63) is 45.1 Å². The third-order valence-electron chi connectivity index (χ3n) is 2.57. The lowest BCUT2D eigenvalue weighted by molar-refractivity contribution is 0.242. The molecule has 4 nitrogen and oxygen atoms in total. The fraction of sp³-hybridized carbons (Fsp3) is 0.308. The predicted octanol–water partition coefficient (Wildman–Crippen LogP) is 3.27. The van der Waals surface area contributed by atoms with Gasteiger partial charge in [-0.3, -0.25) is 4.57 Å². The lowest BCUT2D eigenvalue weighted by atomic mass is 10.3. The van der Waals surface area contributed by atoms with E-state index in [0.717, 1.165) is 0 Å². The van der Waals surface area contributed by atoms with E-state index in [-0.39, 0.29) is 11.8 Å². The molecule has 102 valence electrons. The van der Waals surface area contributed by atoms with E-state index >= 15 is 0 Å². The molecule has 0 saturated heterocycles. The number of aromatic nitrogens is 2. The standard InChI is InChI=1S/C13H14Cl2N2O2/c1-8(2)19-12-7-11(9(14)6-10(12)15)17-5-4-16(3)13(17)18/h4-8H,1-3H3. The minimum absolute atomic E-state index is 0.0148. The molecule has 19 heavy (non-hydrogen) atoms. The van der Waals surface area contributed by atoms with Crippen molar-refractivity contribution in [1.82, 2.24) is 9.13 Å². The third-order valence-corrected chi connectivity index (χ3v) is 3.17. The number of hydrogen-bond acceptors (Lipinski definition) is 2. The van der Waals surface area contributed by atoms with Crippen LogP contribution in [0.2, 0.25) is 10.0 Å². The van der Waals surface area contributed by atoms with Crippen molar-refractivity contribution in [2.75, 3.05) is 0 Å². The molecular weight excluding hydrogens is 287 g/mol. The zero-order valence-electron chi connectivity index (χ0n) is 10.9. The topological polar surface area (TPSA) is 36.2 Å². The SMILES string of the molecule is CC(C)Oc1cc(-n2ccn(C)c2=O)c(Cl)cc1Cl. The molecule has 0 aliphatic rings. The number of ether oxygens (including phenoxy) is 1. The minimum atomic E-state index is -0.181. The molecule has 0 fully saturated rings. The quantitative estimate of drug-likeness (QED) is 0.872. The van der Waals surface area contributed by atoms with Crippen molar-refractivity contribution >= 4 is 23.2 Å². The van der Waals surface area contributed by atoms with Crippen LogP contribution in [0, 0.1) is 0 Å². The first-order valence-corrected chi connectivity index (χ1v) is 6.56. The zero-order valence-corrected chi connectivity index (χ0v) is 12.4. The second kappa shape index (κ2) is 5.31. The lowest BCUT2D eigenvalue weighted by Gasteiger charge is -2.14. The van der Waals surface area contributed by atoms with Crippen molar-refractivity contribution in [2.45, 2.75) is 20.0 Å². The van der Waals surface area contributed by atoms with Gasteiger partial charge in [0.2, 0.25) is 0 Å². The summed E-state index contributed by atoms with van der Waals surface area (Å²) in [5.74, 6) is 0.506. The Kier molecular flexibility index (Phi) is 3.92. The van der Waals surface area contributed by atoms with Crippen molar-refractivity contribution in [2.24, 2.45) is 7.05 Å². The predicted molar refractivity (Wildman–Crippen MR) is 76.8 cm³/mol. The van der Waals surface area contributed by atoms with Gasteiger partial charge in [0.25, 0.3) is 0 Å². The van der Waals surface area contributed by atoms with Gasteiger partial charge in [-0.25, -0.2) is 4.79 Å². The molecule has 0 amide bonds. The summed E-state index contributed by atoms with van der Waals surface area (Å²) >= 11 is 12.2. The van der Waals surface area contributed by atoms with Gasteiger partial charge in [-0.15, -0.1) is 0 Å². The lowest BCUT2D eigenvalue weighted by Crippen LogP contribution is -2.20. The molecule has 0 saturated carbocycles. The van der Waals surface area contributed by atoms with Crippen LogP contribution >= 0.6 is 23.2 Å². The number of benzene rings is 1. The van der Waals surface area contributed by atoms with Crippen molar-refractivity contribution in [1.29, 1.82) is 0 Å². The highest BCUT2D eigenvalue weighted by atomic mass is 35.5. The number of imidazole rings is 1. The second-order valence-corrected chi connectivity index (χ2v) is 5.28. The largest absolute Gasteiger partial charge is 0.489 e. The van der Waals surface area contributed by atoms with Crippen LogP contribution in [0.1, 0.15) is 13.8 Å². The molecule has 0 spiro atoms. The Bertz CT molecular complexity index is 659. The molecule has 0 aliphatic carbocycles. The normalized spacial score (nSPS) is 11.1. The Balaban J connectivity index is 2.57. The van der Waals surface area contributed by atoms with Gasteiger partial charge in [0, 0.05) is 25.5 Å². The van der Waals surface area contributed by atoms with Gasteiger partial charge in [0.05, 0.1) is 21.8 Å². The highest BCUT2D eigenvalue weighted by Gasteiger charge is 2.13. The van der Waals surface area contributed by atoms with Crippen LogP contribution < -0.4 is 10.4 Å². The van der Waals surface area contributed by atoms with E-state index in [1.807, 2.05) is 13.8 Å². The molecule has 1 heterocycles. The summed E-state index contributed by atoms with van der Waals surface area (Å²) in [7, 11) is 1.67. The molecular formula is C13H14Cl2N2O2. The first kappa shape index (κ1) is 14.0. The molecule has 0 unspecified atom stereocenters. The summed E-state index contributed by atoms with van der Waals surface area (Å²) in [5.41, 5.74) is 0.368. The molecule has 2 rings (SSSR count). The van der Waals surface area contributed by atoms with Crippen LogP contribution in [0.5, 0.6) is 5.75 Å². The number of rotatable bonds is 3. The summed E-state index contributed by atoms with van der Waals surface area (Å²) in [6, 6.07) is 3.25. The highest BCUT2D eigenvalue weighted by Crippen LogP contribution is 2.33. The van der Waals surface area contributed by atoms with Gasteiger partial charge in [-0.1, -0.05) is 23.2 Å². The van der Waals surface area contributed by atoms with E-state index in [2.05, 4.69) is 0 Å². The van der Waals surface area contributed by atoms with E-state index in [1.165, 1.54) is 9.13 Å². The van der Waals surface area contributed by atoms with Crippen molar-refractivity contribution < 1.29 is 4.74 Å². The first-order valence-electron chi connectivity index (χ1n) is 5.80. The summed E-state index contributed by atoms with van der Waals surface area (Å²) < 4.78 is 8.51. The van der Waals surface area contributed by atoms with E-state index in [4.69, 9.17) is 27.9 Å². The van der Waals surface area contributed by atoms with Crippen LogP contribution in [0.15, 0.2) is 29.3 Å². The van der Waals surface area contributed by atoms with E-state index in [9.17, 15) is 4.79 Å². The zero-order chi connectivity index (χ0) is 14.2. The van der Waals surface area contributed by atoms with Gasteiger partial charge < -0.3 is 9.30 Å². The first-order chi connectivity index (χ1) is 8.90. The second-order valence-electron chi connectivity index (χ2n) is 4.46. The third kappa shape index (κ3) is 2.80. The van der Waals surface area contributed by atoms with Gasteiger partial charge in [0.15, 0.2) is 0 Å². The Hall–Kier alpha value is -1.39. The maximum Gasteiger partial charge on any atom is 0.332 e. The van der Waals surface area contributed by atoms with Crippen LogP contribution in [0.25, 0.3) is 5.69 Å². The minimum Gasteiger partial charge on any atom is -0.489 e. The van der Waals surface area contributed by atoms with Crippen LogP contribution in [-0.4, -0.2) is 15.2 Å². The fourth-order valence-corrected chi connectivity index (χ4v) is 2.21. The number of nitrogens with zero attached hydrogens (tertiary/aromatic N) is 2. The Morgan fingerprint density at radius 2 is 1.84 bits per heavy atom. The molecule has 0 radical (unpaired) electrons. The smallest absolute Gasteiger partial charge is 0.332 e. The average Bonchev–Trinajstić information content (AvgIpc) is 2.63. The summed E-state index contributed by atoms with van der Waals surface area (Å²) in [5, 5.41) is 0.820. The molecule has 0 atom stereocenters. The molecule has 1 aromatic heterocycles. The van der Waals surface area contributed by atoms with Gasteiger partial charge in [0.1, 0.15) is 5.75 Å². The Morgan fingerprint density at radius 3 is 2.37 bits per heavy atom. The average molecular weight is 301 g/mol. The summed E-state index contributed by atoms with van der Waals surface area (Å²) in [6.07, 6.45) is 3.30. The maximum absolute atomic E-state index is 11.9. The van der Waals surface area contributed by atoms with Gasteiger partial charge in [-0.05, 0) is 19.9 Å². The molecule has 6 heteroatoms. The number of halogens is 2.